The molecule has 0 aliphatic rings. The highest BCUT2D eigenvalue weighted by atomic mass is 35.5. The summed E-state index contributed by atoms with van der Waals surface area (Å²) in [7, 11) is 0. The number of rotatable bonds is 9. The van der Waals surface area contributed by atoms with Gasteiger partial charge in [-0.2, -0.15) is 11.8 Å². The van der Waals surface area contributed by atoms with Gasteiger partial charge in [0.2, 0.25) is 0 Å². The molecule has 142 valence electrons. The number of aromatic nitrogens is 2. The van der Waals surface area contributed by atoms with Crippen LogP contribution < -0.4 is 0 Å². The topological polar surface area (TPSA) is 17.8 Å². The molecule has 27 heavy (non-hydrogen) atoms. The molecular weight excluding hydrogens is 395 g/mol. The Morgan fingerprint density at radius 2 is 1.56 bits per heavy atom. The molecule has 1 atom stereocenters. The molecule has 3 rings (SSSR count). The lowest BCUT2D eigenvalue weighted by atomic mass is 9.97. The quantitative estimate of drug-likeness (QED) is 0.375. The van der Waals surface area contributed by atoms with Crippen LogP contribution in [-0.2, 0) is 18.7 Å². The van der Waals surface area contributed by atoms with Gasteiger partial charge in [0.1, 0.15) is 0 Å². The van der Waals surface area contributed by atoms with Crippen LogP contribution in [0, 0.1) is 0 Å². The summed E-state index contributed by atoms with van der Waals surface area (Å²) < 4.78 is 2.33. The van der Waals surface area contributed by atoms with Gasteiger partial charge in [0.15, 0.2) is 0 Å². The predicted octanol–water partition coefficient (Wildman–Crippen LogP) is 6.90. The van der Waals surface area contributed by atoms with Crippen molar-refractivity contribution in [3.05, 3.63) is 88.4 Å². The zero-order valence-electron chi connectivity index (χ0n) is 15.4. The fraction of sp³-hybridized carbons (Fsp3) is 0.318. The van der Waals surface area contributed by atoms with Crippen LogP contribution in [0.4, 0.5) is 0 Å². The summed E-state index contributed by atoms with van der Waals surface area (Å²) in [5.74, 6) is 0.984. The molecule has 0 N–H and O–H groups in total. The van der Waals surface area contributed by atoms with Gasteiger partial charge < -0.3 is 4.57 Å². The lowest BCUT2D eigenvalue weighted by Crippen LogP contribution is -2.23. The van der Waals surface area contributed by atoms with E-state index in [0.717, 1.165) is 41.6 Å². The van der Waals surface area contributed by atoms with Crippen LogP contribution in [0.2, 0.25) is 10.0 Å². The predicted molar refractivity (Wildman–Crippen MR) is 118 cm³/mol. The molecule has 0 saturated heterocycles. The van der Waals surface area contributed by atoms with E-state index < -0.39 is 0 Å². The summed E-state index contributed by atoms with van der Waals surface area (Å²) in [5.41, 5.74) is 2.64. The van der Waals surface area contributed by atoms with Crippen molar-refractivity contribution in [2.24, 2.45) is 0 Å². The molecule has 1 heterocycles. The van der Waals surface area contributed by atoms with Gasteiger partial charge >= 0.3 is 0 Å². The molecular formula is C22H24Cl2N2S. The minimum absolute atomic E-state index is 0.170. The maximum absolute atomic E-state index is 6.02. The van der Waals surface area contributed by atoms with E-state index in [-0.39, 0.29) is 4.75 Å². The van der Waals surface area contributed by atoms with Crippen LogP contribution in [-0.4, -0.2) is 14.3 Å². The van der Waals surface area contributed by atoms with E-state index in [4.69, 9.17) is 23.2 Å². The first kappa shape index (κ1) is 20.3. The van der Waals surface area contributed by atoms with Crippen molar-refractivity contribution in [3.8, 4) is 0 Å². The number of hydrogen-bond acceptors (Lipinski definition) is 2. The van der Waals surface area contributed by atoms with Gasteiger partial charge in [0.25, 0.3) is 0 Å². The van der Waals surface area contributed by atoms with Gasteiger partial charge in [-0.25, -0.2) is 4.98 Å². The van der Waals surface area contributed by atoms with Crippen molar-refractivity contribution in [1.82, 2.24) is 9.55 Å². The molecule has 1 unspecified atom stereocenters. The molecule has 5 heteroatoms. The van der Waals surface area contributed by atoms with Crippen molar-refractivity contribution < 1.29 is 0 Å². The van der Waals surface area contributed by atoms with Gasteiger partial charge in [0, 0.05) is 39.5 Å². The largest absolute Gasteiger partial charge is 0.337 e. The standard InChI is InChI=1S/C22H24Cl2N2S/c1-22(12-14-26-15-13-25-17-26,11-10-18-2-6-20(23)7-3-18)27-16-19-4-8-21(24)9-5-19/h2-9,13,15,17H,10-12,14,16H2,1H3. The van der Waals surface area contributed by atoms with E-state index >= 15 is 0 Å². The molecule has 0 amide bonds. The number of thioether (sulfide) groups is 1. The number of halogens is 2. The summed E-state index contributed by atoms with van der Waals surface area (Å²) >= 11 is 14.1. The van der Waals surface area contributed by atoms with E-state index in [1.165, 1.54) is 11.1 Å². The van der Waals surface area contributed by atoms with Gasteiger partial charge in [-0.05, 0) is 54.7 Å². The fourth-order valence-corrected chi connectivity index (χ4v) is 4.39. The molecule has 0 saturated carbocycles. The first-order chi connectivity index (χ1) is 13.0. The second-order valence-corrected chi connectivity index (χ2v) is 9.48. The third kappa shape index (κ3) is 6.60. The molecule has 0 radical (unpaired) electrons. The minimum Gasteiger partial charge on any atom is -0.337 e. The molecule has 2 aromatic carbocycles. The molecule has 3 aromatic rings. The summed E-state index contributed by atoms with van der Waals surface area (Å²) in [6, 6.07) is 16.4. The molecule has 2 nitrogen and oxygen atoms in total. The third-order valence-electron chi connectivity index (χ3n) is 4.81. The molecule has 0 fully saturated rings. The number of nitrogens with zero attached hydrogens (tertiary/aromatic N) is 2. The zero-order valence-corrected chi connectivity index (χ0v) is 17.8. The van der Waals surface area contributed by atoms with E-state index in [9.17, 15) is 0 Å². The van der Waals surface area contributed by atoms with E-state index in [2.05, 4.69) is 40.7 Å². The summed E-state index contributed by atoms with van der Waals surface area (Å²) in [6.07, 6.45) is 9.01. The van der Waals surface area contributed by atoms with Crippen molar-refractivity contribution in [2.45, 2.75) is 43.2 Å². The number of imidazole rings is 1. The molecule has 0 bridgehead atoms. The highest BCUT2D eigenvalue weighted by Gasteiger charge is 2.24. The van der Waals surface area contributed by atoms with E-state index in [1.807, 2.05) is 54.7 Å². The maximum Gasteiger partial charge on any atom is 0.0945 e. The number of aryl methyl sites for hydroxylation is 2. The Balaban J connectivity index is 1.64. The van der Waals surface area contributed by atoms with Crippen LogP contribution in [0.5, 0.6) is 0 Å². The fourth-order valence-electron chi connectivity index (χ4n) is 2.95. The molecule has 1 aromatic heterocycles. The van der Waals surface area contributed by atoms with Crippen LogP contribution in [0.3, 0.4) is 0 Å². The number of benzene rings is 2. The molecule has 0 aliphatic heterocycles. The zero-order chi connectivity index (χ0) is 19.1. The van der Waals surface area contributed by atoms with Gasteiger partial charge in [-0.3, -0.25) is 0 Å². The summed E-state index contributed by atoms with van der Waals surface area (Å²) in [4.78, 5) is 4.16. The Hall–Kier alpha value is -1.42. The highest BCUT2D eigenvalue weighted by molar-refractivity contribution is 7.99. The van der Waals surface area contributed by atoms with Crippen LogP contribution in [0.1, 0.15) is 30.9 Å². The normalized spacial score (nSPS) is 13.4. The Labute approximate surface area is 175 Å². The Bertz CT molecular complexity index is 765. The Morgan fingerprint density at radius 3 is 2.15 bits per heavy atom. The monoisotopic (exact) mass is 418 g/mol. The minimum atomic E-state index is 0.170. The average Bonchev–Trinajstić information content (AvgIpc) is 3.20. The molecule has 0 aliphatic carbocycles. The highest BCUT2D eigenvalue weighted by Crippen LogP contribution is 2.36. The van der Waals surface area contributed by atoms with Crippen molar-refractivity contribution >= 4 is 35.0 Å². The first-order valence-corrected chi connectivity index (χ1v) is 10.9. The van der Waals surface area contributed by atoms with Gasteiger partial charge in [-0.1, -0.05) is 54.4 Å². The Kier molecular flexibility index (Phi) is 7.28. The van der Waals surface area contributed by atoms with Gasteiger partial charge in [0.05, 0.1) is 6.33 Å². The summed E-state index contributed by atoms with van der Waals surface area (Å²) in [5, 5.41) is 1.58. The SMILES string of the molecule is CC(CCc1ccc(Cl)cc1)(CCn1ccnc1)SCc1ccc(Cl)cc1. The lowest BCUT2D eigenvalue weighted by molar-refractivity contribution is 0.492. The Morgan fingerprint density at radius 1 is 0.926 bits per heavy atom. The second kappa shape index (κ2) is 9.68. The average molecular weight is 419 g/mol. The van der Waals surface area contributed by atoms with E-state index in [0.29, 0.717) is 0 Å². The van der Waals surface area contributed by atoms with E-state index in [1.54, 1.807) is 0 Å². The van der Waals surface area contributed by atoms with Crippen LogP contribution in [0.15, 0.2) is 67.3 Å². The second-order valence-electron chi connectivity index (χ2n) is 7.04. The molecule has 0 spiro atoms. The van der Waals surface area contributed by atoms with Crippen molar-refractivity contribution in [1.29, 1.82) is 0 Å². The van der Waals surface area contributed by atoms with Gasteiger partial charge in [-0.15, -0.1) is 0 Å². The maximum atomic E-state index is 6.02. The number of hydrogen-bond donors (Lipinski definition) is 0. The smallest absolute Gasteiger partial charge is 0.0945 e. The van der Waals surface area contributed by atoms with Crippen molar-refractivity contribution in [2.75, 3.05) is 0 Å². The van der Waals surface area contributed by atoms with Crippen LogP contribution >= 0.6 is 35.0 Å². The van der Waals surface area contributed by atoms with Crippen LogP contribution in [0.25, 0.3) is 0 Å². The lowest BCUT2D eigenvalue weighted by Gasteiger charge is -2.30. The summed E-state index contributed by atoms with van der Waals surface area (Å²) in [6.45, 7) is 3.35. The first-order valence-electron chi connectivity index (χ1n) is 9.11. The van der Waals surface area contributed by atoms with Crippen molar-refractivity contribution in [3.63, 3.8) is 0 Å². The third-order valence-corrected chi connectivity index (χ3v) is 6.90.